The summed E-state index contributed by atoms with van der Waals surface area (Å²) in [4.78, 5) is 12.7. The first-order valence-electron chi connectivity index (χ1n) is 12.1. The van der Waals surface area contributed by atoms with Crippen LogP contribution in [0.5, 0.6) is 17.2 Å². The van der Waals surface area contributed by atoms with Crippen LogP contribution in [0.4, 0.5) is 0 Å². The number of phenolic OH excluding ortho intramolecular Hbond substituents is 1. The molecule has 190 valence electrons. The molecule has 5 aromatic rings. The van der Waals surface area contributed by atoms with Crippen molar-refractivity contribution in [3.8, 4) is 17.2 Å². The minimum absolute atomic E-state index is 0.106. The summed E-state index contributed by atoms with van der Waals surface area (Å²) in [6, 6.07) is 28.7. The first-order valence-corrected chi connectivity index (χ1v) is 12.9. The van der Waals surface area contributed by atoms with E-state index < -0.39 is 5.91 Å². The van der Waals surface area contributed by atoms with Gasteiger partial charge in [-0.05, 0) is 79.8 Å². The number of nitrogens with one attached hydrogen (secondary N) is 1. The number of phenols is 1. The van der Waals surface area contributed by atoms with Crippen LogP contribution in [0, 0.1) is 0 Å². The summed E-state index contributed by atoms with van der Waals surface area (Å²) in [5, 5.41) is 18.4. The number of rotatable bonds is 8. The third-order valence-corrected chi connectivity index (χ3v) is 6.66. The van der Waals surface area contributed by atoms with Gasteiger partial charge in [0.15, 0.2) is 11.5 Å². The number of carbonyl (C=O) groups excluding carboxylic acids is 1. The Morgan fingerprint density at radius 1 is 0.921 bits per heavy atom. The second kappa shape index (κ2) is 11.4. The largest absolute Gasteiger partial charge is 0.507 e. The van der Waals surface area contributed by atoms with Gasteiger partial charge in [0, 0.05) is 0 Å². The molecule has 0 saturated heterocycles. The van der Waals surface area contributed by atoms with Crippen molar-refractivity contribution in [2.24, 2.45) is 5.10 Å². The molecule has 0 unspecified atom stereocenters. The fraction of sp³-hybridized carbons (Fsp3) is 0.0968. The maximum atomic E-state index is 12.7. The van der Waals surface area contributed by atoms with Crippen molar-refractivity contribution in [1.82, 2.24) is 5.43 Å². The lowest BCUT2D eigenvalue weighted by Crippen LogP contribution is -2.17. The smallest absolute Gasteiger partial charge is 0.275 e. The van der Waals surface area contributed by atoms with Crippen LogP contribution in [0.15, 0.2) is 101 Å². The predicted molar refractivity (Wildman–Crippen MR) is 154 cm³/mol. The van der Waals surface area contributed by atoms with E-state index >= 15 is 0 Å². The Bertz CT molecular complexity index is 1660. The highest BCUT2D eigenvalue weighted by atomic mass is 79.9. The lowest BCUT2D eigenvalue weighted by molar-refractivity contribution is 0.0952. The molecule has 0 spiro atoms. The lowest BCUT2D eigenvalue weighted by Gasteiger charge is -2.15. The number of hydrogen-bond acceptors (Lipinski definition) is 5. The molecule has 5 aromatic carbocycles. The van der Waals surface area contributed by atoms with Crippen LogP contribution in [0.25, 0.3) is 21.5 Å². The molecule has 0 fully saturated rings. The molecule has 0 atom stereocenters. The van der Waals surface area contributed by atoms with E-state index in [0.29, 0.717) is 34.7 Å². The third-order valence-electron chi connectivity index (χ3n) is 6.07. The summed E-state index contributed by atoms with van der Waals surface area (Å²) < 4.78 is 12.8. The van der Waals surface area contributed by atoms with Crippen molar-refractivity contribution in [3.63, 3.8) is 0 Å². The molecular weight excluding hydrogens is 544 g/mol. The molecule has 7 heteroatoms. The Hall–Kier alpha value is -4.36. The first kappa shape index (κ1) is 25.3. The summed E-state index contributed by atoms with van der Waals surface area (Å²) in [5.74, 6) is 0.526. The van der Waals surface area contributed by atoms with Gasteiger partial charge in [0.25, 0.3) is 5.91 Å². The number of fused-ring (bicyclic) bond motifs is 2. The molecule has 0 aromatic heterocycles. The van der Waals surface area contributed by atoms with E-state index in [1.165, 1.54) is 6.21 Å². The molecule has 0 aliphatic heterocycles. The van der Waals surface area contributed by atoms with Crippen molar-refractivity contribution < 1.29 is 19.4 Å². The Morgan fingerprint density at radius 3 is 2.42 bits per heavy atom. The average Bonchev–Trinajstić information content (AvgIpc) is 2.92. The number of ether oxygens (including phenoxy) is 2. The maximum absolute atomic E-state index is 12.7. The van der Waals surface area contributed by atoms with E-state index in [4.69, 9.17) is 9.47 Å². The lowest BCUT2D eigenvalue weighted by atomic mass is 10.1. The molecule has 0 aliphatic carbocycles. The zero-order chi connectivity index (χ0) is 26.5. The third kappa shape index (κ3) is 5.48. The second-order valence-electron chi connectivity index (χ2n) is 8.61. The molecule has 5 rings (SSSR count). The number of amides is 1. The zero-order valence-corrected chi connectivity index (χ0v) is 22.2. The van der Waals surface area contributed by atoms with E-state index in [2.05, 4.69) is 44.7 Å². The van der Waals surface area contributed by atoms with Gasteiger partial charge >= 0.3 is 0 Å². The molecule has 2 N–H and O–H groups in total. The quantitative estimate of drug-likeness (QED) is 0.153. The van der Waals surface area contributed by atoms with Gasteiger partial charge in [-0.3, -0.25) is 4.79 Å². The SMILES string of the molecule is CCOc1cc(C=NNC(=O)c2cc3ccccc3cc2O)cc(Br)c1OCc1cccc2ccccc12. The standard InChI is InChI=1S/C31H25BrN2O4/c1-2-37-29-15-20(18-33-34-31(36)26-16-22-9-3-4-10-23(22)17-28(26)35)14-27(32)30(29)38-19-24-12-7-11-21-8-5-6-13-25(21)24/h3-18,35H,2,19H2,1H3,(H,34,36). The van der Waals surface area contributed by atoms with Gasteiger partial charge in [-0.15, -0.1) is 0 Å². The van der Waals surface area contributed by atoms with Gasteiger partial charge in [0.1, 0.15) is 12.4 Å². The van der Waals surface area contributed by atoms with E-state index in [1.54, 1.807) is 18.2 Å². The maximum Gasteiger partial charge on any atom is 0.275 e. The number of hydrazone groups is 1. The Kier molecular flexibility index (Phi) is 7.56. The average molecular weight is 569 g/mol. The number of hydrogen-bond donors (Lipinski definition) is 2. The van der Waals surface area contributed by atoms with E-state index in [-0.39, 0.29) is 11.3 Å². The summed E-state index contributed by atoms with van der Waals surface area (Å²) in [6.45, 7) is 2.73. The van der Waals surface area contributed by atoms with Crippen molar-refractivity contribution in [2.75, 3.05) is 6.61 Å². The number of aromatic hydroxyl groups is 1. The fourth-order valence-corrected chi connectivity index (χ4v) is 4.84. The van der Waals surface area contributed by atoms with Gasteiger partial charge in [-0.2, -0.15) is 5.10 Å². The van der Waals surface area contributed by atoms with Gasteiger partial charge in [-0.25, -0.2) is 5.43 Å². The summed E-state index contributed by atoms with van der Waals surface area (Å²) >= 11 is 3.59. The molecule has 6 nitrogen and oxygen atoms in total. The first-order chi connectivity index (χ1) is 18.5. The van der Waals surface area contributed by atoms with Crippen LogP contribution in [0.1, 0.15) is 28.4 Å². The molecule has 38 heavy (non-hydrogen) atoms. The normalized spacial score (nSPS) is 11.2. The summed E-state index contributed by atoms with van der Waals surface area (Å²) in [6.07, 6.45) is 1.51. The Labute approximate surface area is 228 Å². The van der Waals surface area contributed by atoms with Crippen molar-refractivity contribution in [2.45, 2.75) is 13.5 Å². The Balaban J connectivity index is 1.33. The molecule has 0 saturated carbocycles. The molecule has 0 aliphatic rings. The highest BCUT2D eigenvalue weighted by Crippen LogP contribution is 2.37. The number of carbonyl (C=O) groups is 1. The molecule has 0 bridgehead atoms. The highest BCUT2D eigenvalue weighted by molar-refractivity contribution is 9.10. The molecule has 0 heterocycles. The van der Waals surface area contributed by atoms with E-state index in [0.717, 1.165) is 27.1 Å². The van der Waals surface area contributed by atoms with E-state index in [9.17, 15) is 9.90 Å². The molecule has 0 radical (unpaired) electrons. The van der Waals surface area contributed by atoms with E-state index in [1.807, 2.05) is 61.5 Å². The number of halogens is 1. The van der Waals surface area contributed by atoms with Crippen molar-refractivity contribution >= 4 is 49.6 Å². The predicted octanol–water partition coefficient (Wildman–Crippen LogP) is 7.20. The highest BCUT2D eigenvalue weighted by Gasteiger charge is 2.14. The van der Waals surface area contributed by atoms with Crippen molar-refractivity contribution in [1.29, 1.82) is 0 Å². The monoisotopic (exact) mass is 568 g/mol. The second-order valence-corrected chi connectivity index (χ2v) is 9.46. The molecule has 1 amide bonds. The van der Waals surface area contributed by atoms with Crippen LogP contribution >= 0.6 is 15.9 Å². The summed E-state index contributed by atoms with van der Waals surface area (Å²) in [5.41, 5.74) is 4.40. The van der Waals surface area contributed by atoms with Crippen LogP contribution in [0.2, 0.25) is 0 Å². The van der Waals surface area contributed by atoms with Crippen LogP contribution in [0.3, 0.4) is 0 Å². The fourth-order valence-electron chi connectivity index (χ4n) is 4.27. The molecular formula is C31H25BrN2O4. The van der Waals surface area contributed by atoms with Gasteiger partial charge in [0.05, 0.1) is 22.9 Å². The van der Waals surface area contributed by atoms with Gasteiger partial charge < -0.3 is 14.6 Å². The number of nitrogens with zero attached hydrogens (tertiary/aromatic N) is 1. The number of benzene rings is 5. The van der Waals surface area contributed by atoms with Crippen molar-refractivity contribution in [3.05, 3.63) is 112 Å². The van der Waals surface area contributed by atoms with Gasteiger partial charge in [-0.1, -0.05) is 66.7 Å². The minimum Gasteiger partial charge on any atom is -0.507 e. The van der Waals surface area contributed by atoms with Crippen LogP contribution in [-0.4, -0.2) is 23.8 Å². The summed E-state index contributed by atoms with van der Waals surface area (Å²) in [7, 11) is 0. The Morgan fingerprint density at radius 2 is 1.63 bits per heavy atom. The van der Waals surface area contributed by atoms with Gasteiger partial charge in [0.2, 0.25) is 0 Å². The van der Waals surface area contributed by atoms with Crippen LogP contribution < -0.4 is 14.9 Å². The topological polar surface area (TPSA) is 80.2 Å². The zero-order valence-electron chi connectivity index (χ0n) is 20.6. The van der Waals surface area contributed by atoms with Crippen LogP contribution in [-0.2, 0) is 6.61 Å². The minimum atomic E-state index is -0.511.